The summed E-state index contributed by atoms with van der Waals surface area (Å²) < 4.78 is 0. The maximum absolute atomic E-state index is 12.6. The standard InChI is InChI=1S/C20H21N5O/c1-13-6-2-3-7-14(13)11-21-17-8-4-5-9-18(17)24-20(26)16-10-15(16)19-22-12-23-25-19/h2-9,12,15-16,21H,10-11H2,1H3,(H,24,26)(H,22,23,25)/t15-,16+/m0/s1. The van der Waals surface area contributed by atoms with Crippen molar-refractivity contribution in [3.8, 4) is 0 Å². The summed E-state index contributed by atoms with van der Waals surface area (Å²) in [5.74, 6) is 0.907. The Morgan fingerprint density at radius 2 is 1.92 bits per heavy atom. The van der Waals surface area contributed by atoms with Crippen molar-refractivity contribution >= 4 is 17.3 Å². The van der Waals surface area contributed by atoms with Gasteiger partial charge in [0.1, 0.15) is 12.2 Å². The van der Waals surface area contributed by atoms with E-state index in [0.717, 1.165) is 23.6 Å². The number of amides is 1. The second kappa shape index (κ2) is 7.00. The van der Waals surface area contributed by atoms with Crippen LogP contribution in [0.2, 0.25) is 0 Å². The third-order valence-electron chi connectivity index (χ3n) is 4.83. The fourth-order valence-corrected chi connectivity index (χ4v) is 3.15. The average molecular weight is 347 g/mol. The van der Waals surface area contributed by atoms with Crippen LogP contribution in [0, 0.1) is 12.8 Å². The molecule has 2 aromatic carbocycles. The Balaban J connectivity index is 1.41. The van der Waals surface area contributed by atoms with E-state index >= 15 is 0 Å². The minimum atomic E-state index is -0.0487. The molecule has 1 aliphatic carbocycles. The Bertz CT molecular complexity index is 906. The summed E-state index contributed by atoms with van der Waals surface area (Å²) in [7, 11) is 0. The molecule has 1 saturated carbocycles. The Labute approximate surface area is 152 Å². The highest BCUT2D eigenvalue weighted by Gasteiger charge is 2.46. The number of para-hydroxylation sites is 2. The van der Waals surface area contributed by atoms with Crippen molar-refractivity contribution in [3.63, 3.8) is 0 Å². The van der Waals surface area contributed by atoms with Crippen molar-refractivity contribution in [2.24, 2.45) is 5.92 Å². The number of aromatic nitrogens is 3. The zero-order chi connectivity index (χ0) is 17.9. The molecule has 3 N–H and O–H groups in total. The first-order valence-corrected chi connectivity index (χ1v) is 8.76. The van der Waals surface area contributed by atoms with Crippen molar-refractivity contribution in [2.75, 3.05) is 10.6 Å². The van der Waals surface area contributed by atoms with E-state index in [1.54, 1.807) is 0 Å². The van der Waals surface area contributed by atoms with Gasteiger partial charge in [-0.3, -0.25) is 9.89 Å². The first-order valence-electron chi connectivity index (χ1n) is 8.76. The van der Waals surface area contributed by atoms with Gasteiger partial charge < -0.3 is 10.6 Å². The lowest BCUT2D eigenvalue weighted by Crippen LogP contribution is -2.16. The fraction of sp³-hybridized carbons (Fsp3) is 0.250. The molecule has 1 aromatic heterocycles. The van der Waals surface area contributed by atoms with Crippen LogP contribution in [0.4, 0.5) is 11.4 Å². The number of hydrogen-bond acceptors (Lipinski definition) is 4. The monoisotopic (exact) mass is 347 g/mol. The number of aryl methyl sites for hydroxylation is 1. The molecule has 4 rings (SSSR count). The summed E-state index contributed by atoms with van der Waals surface area (Å²) in [6, 6.07) is 16.1. The second-order valence-corrected chi connectivity index (χ2v) is 6.63. The average Bonchev–Trinajstić information content (AvgIpc) is 3.27. The molecular formula is C20H21N5O. The van der Waals surface area contributed by atoms with Gasteiger partial charge in [0.15, 0.2) is 0 Å². The lowest BCUT2D eigenvalue weighted by Gasteiger charge is -2.14. The molecular weight excluding hydrogens is 326 g/mol. The van der Waals surface area contributed by atoms with E-state index in [0.29, 0.717) is 6.54 Å². The van der Waals surface area contributed by atoms with E-state index in [9.17, 15) is 4.79 Å². The lowest BCUT2D eigenvalue weighted by molar-refractivity contribution is -0.117. The van der Waals surface area contributed by atoms with Crippen LogP contribution >= 0.6 is 0 Å². The van der Waals surface area contributed by atoms with E-state index in [4.69, 9.17) is 0 Å². The number of hydrogen-bond donors (Lipinski definition) is 3. The van der Waals surface area contributed by atoms with Crippen molar-refractivity contribution in [1.29, 1.82) is 0 Å². The molecule has 0 aliphatic heterocycles. The maximum atomic E-state index is 12.6. The predicted molar refractivity (Wildman–Crippen MR) is 101 cm³/mol. The number of H-pyrrole nitrogens is 1. The van der Waals surface area contributed by atoms with E-state index < -0.39 is 0 Å². The number of benzene rings is 2. The summed E-state index contributed by atoms with van der Waals surface area (Å²) >= 11 is 0. The zero-order valence-electron chi connectivity index (χ0n) is 14.6. The first-order chi connectivity index (χ1) is 12.7. The molecule has 1 aliphatic rings. The molecule has 2 atom stereocenters. The zero-order valence-corrected chi connectivity index (χ0v) is 14.6. The van der Waals surface area contributed by atoms with Crippen molar-refractivity contribution in [2.45, 2.75) is 25.8 Å². The van der Waals surface area contributed by atoms with Gasteiger partial charge in [-0.2, -0.15) is 5.10 Å². The molecule has 0 bridgehead atoms. The van der Waals surface area contributed by atoms with E-state index in [1.807, 2.05) is 36.4 Å². The SMILES string of the molecule is Cc1ccccc1CNc1ccccc1NC(=O)[C@@H]1C[C@@H]1c1ncn[nH]1. The van der Waals surface area contributed by atoms with Crippen LogP contribution < -0.4 is 10.6 Å². The van der Waals surface area contributed by atoms with Gasteiger partial charge in [0, 0.05) is 18.4 Å². The van der Waals surface area contributed by atoms with Crippen molar-refractivity contribution in [3.05, 3.63) is 71.8 Å². The summed E-state index contributed by atoms with van der Waals surface area (Å²) in [4.78, 5) is 16.7. The molecule has 6 heteroatoms. The maximum Gasteiger partial charge on any atom is 0.228 e. The molecule has 0 spiro atoms. The number of rotatable bonds is 6. The second-order valence-electron chi connectivity index (χ2n) is 6.63. The Hall–Kier alpha value is -3.15. The van der Waals surface area contributed by atoms with Crippen LogP contribution in [-0.2, 0) is 11.3 Å². The van der Waals surface area contributed by atoms with Crippen LogP contribution in [0.5, 0.6) is 0 Å². The quantitative estimate of drug-likeness (QED) is 0.638. The molecule has 3 aromatic rings. The molecule has 132 valence electrons. The van der Waals surface area contributed by atoms with Gasteiger partial charge >= 0.3 is 0 Å². The molecule has 1 heterocycles. The minimum absolute atomic E-state index is 0.0246. The summed E-state index contributed by atoms with van der Waals surface area (Å²) in [6.45, 7) is 2.81. The molecule has 0 radical (unpaired) electrons. The molecule has 0 unspecified atom stereocenters. The molecule has 1 amide bonds. The van der Waals surface area contributed by atoms with Gasteiger partial charge in [-0.25, -0.2) is 4.98 Å². The van der Waals surface area contributed by atoms with Gasteiger partial charge in [-0.05, 0) is 36.6 Å². The van der Waals surface area contributed by atoms with Crippen LogP contribution in [0.15, 0.2) is 54.9 Å². The highest BCUT2D eigenvalue weighted by atomic mass is 16.2. The minimum Gasteiger partial charge on any atom is -0.379 e. The number of aromatic amines is 1. The van der Waals surface area contributed by atoms with Gasteiger partial charge in [0.2, 0.25) is 5.91 Å². The van der Waals surface area contributed by atoms with Crippen LogP contribution in [0.25, 0.3) is 0 Å². The Morgan fingerprint density at radius 3 is 2.69 bits per heavy atom. The summed E-state index contributed by atoms with van der Waals surface area (Å²) in [5, 5.41) is 13.2. The van der Waals surface area contributed by atoms with E-state index in [2.05, 4.69) is 44.9 Å². The number of anilines is 2. The van der Waals surface area contributed by atoms with Gasteiger partial charge in [-0.15, -0.1) is 0 Å². The third-order valence-corrected chi connectivity index (χ3v) is 4.83. The number of nitrogens with one attached hydrogen (secondary N) is 3. The van der Waals surface area contributed by atoms with Gasteiger partial charge in [0.25, 0.3) is 0 Å². The number of carbonyl (C=O) groups excluding carboxylic acids is 1. The largest absolute Gasteiger partial charge is 0.379 e. The Kier molecular flexibility index (Phi) is 4.39. The van der Waals surface area contributed by atoms with Gasteiger partial charge in [0.05, 0.1) is 11.4 Å². The smallest absolute Gasteiger partial charge is 0.228 e. The first kappa shape index (κ1) is 16.3. The van der Waals surface area contributed by atoms with E-state index in [-0.39, 0.29) is 17.7 Å². The lowest BCUT2D eigenvalue weighted by atomic mass is 10.1. The fourth-order valence-electron chi connectivity index (χ4n) is 3.15. The van der Waals surface area contributed by atoms with Crippen molar-refractivity contribution < 1.29 is 4.79 Å². The van der Waals surface area contributed by atoms with Crippen molar-refractivity contribution in [1.82, 2.24) is 15.2 Å². The summed E-state index contributed by atoms with van der Waals surface area (Å²) in [5.41, 5.74) is 4.20. The normalized spacial score (nSPS) is 18.3. The summed E-state index contributed by atoms with van der Waals surface area (Å²) in [6.07, 6.45) is 2.28. The van der Waals surface area contributed by atoms with Crippen LogP contribution in [-0.4, -0.2) is 21.1 Å². The molecule has 6 nitrogen and oxygen atoms in total. The molecule has 0 saturated heterocycles. The van der Waals surface area contributed by atoms with Crippen LogP contribution in [0.1, 0.15) is 29.3 Å². The Morgan fingerprint density at radius 1 is 1.15 bits per heavy atom. The predicted octanol–water partition coefficient (Wildman–Crippen LogP) is 3.47. The highest BCUT2D eigenvalue weighted by molar-refractivity contribution is 5.97. The highest BCUT2D eigenvalue weighted by Crippen LogP contribution is 2.46. The van der Waals surface area contributed by atoms with E-state index in [1.165, 1.54) is 17.5 Å². The number of carbonyl (C=O) groups is 1. The molecule has 26 heavy (non-hydrogen) atoms. The topological polar surface area (TPSA) is 82.7 Å². The third kappa shape index (κ3) is 3.44. The number of nitrogens with zero attached hydrogens (tertiary/aromatic N) is 2. The van der Waals surface area contributed by atoms with Crippen LogP contribution in [0.3, 0.4) is 0 Å². The molecule has 1 fully saturated rings. The van der Waals surface area contributed by atoms with Gasteiger partial charge in [-0.1, -0.05) is 36.4 Å².